The van der Waals surface area contributed by atoms with Gasteiger partial charge in [-0.3, -0.25) is 14.7 Å². The van der Waals surface area contributed by atoms with E-state index in [2.05, 4.69) is 53.1 Å². The third-order valence-corrected chi connectivity index (χ3v) is 4.85. The van der Waals surface area contributed by atoms with Gasteiger partial charge in [-0.05, 0) is 47.3 Å². The summed E-state index contributed by atoms with van der Waals surface area (Å²) in [5.41, 5.74) is 2.53. The van der Waals surface area contributed by atoms with Crippen LogP contribution in [0, 0.1) is 3.57 Å². The van der Waals surface area contributed by atoms with Crippen LogP contribution in [0.1, 0.15) is 23.1 Å². The molecule has 2 aromatic heterocycles. The number of carbonyl (C=O) groups is 1. The van der Waals surface area contributed by atoms with Gasteiger partial charge in [-0.25, -0.2) is 14.1 Å². The van der Waals surface area contributed by atoms with E-state index in [1.807, 2.05) is 25.1 Å². The molecule has 1 aromatic carbocycles. The van der Waals surface area contributed by atoms with Crippen LogP contribution in [0.3, 0.4) is 0 Å². The van der Waals surface area contributed by atoms with Gasteiger partial charge in [0.05, 0.1) is 29.5 Å². The second kappa shape index (κ2) is 9.82. The molecule has 0 saturated carbocycles. The summed E-state index contributed by atoms with van der Waals surface area (Å²) in [5, 5.41) is 10.8. The summed E-state index contributed by atoms with van der Waals surface area (Å²) in [4.78, 5) is 23.2. The number of carbonyl (C=O) groups excluding carboxylic acids is 1. The summed E-state index contributed by atoms with van der Waals surface area (Å²) < 4.78 is 14.9. The van der Waals surface area contributed by atoms with Gasteiger partial charge in [0.15, 0.2) is 0 Å². The molecule has 0 radical (unpaired) electrons. The van der Waals surface area contributed by atoms with Crippen molar-refractivity contribution in [2.45, 2.75) is 20.0 Å². The Hall–Kier alpha value is -2.21. The first-order valence-electron chi connectivity index (χ1n) is 8.97. The van der Waals surface area contributed by atoms with Crippen LogP contribution in [-0.2, 0) is 13.1 Å². The molecule has 3 aromatic rings. The van der Waals surface area contributed by atoms with E-state index < -0.39 is 6.67 Å². The summed E-state index contributed by atoms with van der Waals surface area (Å²) in [7, 11) is 0. The molecule has 0 fully saturated rings. The molecule has 0 aliphatic heterocycles. The minimum atomic E-state index is -0.469. The molecule has 3 rings (SSSR count). The number of nitrogens with one attached hydrogen (secondary N) is 1. The van der Waals surface area contributed by atoms with Crippen molar-refractivity contribution in [3.05, 3.63) is 45.6 Å². The van der Waals surface area contributed by atoms with Crippen molar-refractivity contribution < 1.29 is 9.18 Å². The van der Waals surface area contributed by atoms with E-state index in [4.69, 9.17) is 0 Å². The van der Waals surface area contributed by atoms with E-state index in [1.165, 1.54) is 10.9 Å². The van der Waals surface area contributed by atoms with Crippen molar-refractivity contribution >= 4 is 39.5 Å². The molecule has 1 amide bonds. The van der Waals surface area contributed by atoms with Crippen molar-refractivity contribution in [1.82, 2.24) is 35.2 Å². The first-order valence-corrected chi connectivity index (χ1v) is 10.0. The number of nitrogens with zero attached hydrogens (tertiary/aromatic N) is 6. The lowest BCUT2D eigenvalue weighted by Gasteiger charge is -2.19. The fraction of sp³-hybridized carbons (Fsp3) is 0.389. The molecule has 10 heteroatoms. The minimum absolute atomic E-state index is 0.209. The number of fused-ring (bicyclic) bond motifs is 1. The fourth-order valence-corrected chi connectivity index (χ4v) is 3.17. The van der Waals surface area contributed by atoms with Crippen molar-refractivity contribution in [1.29, 1.82) is 0 Å². The Kier molecular flexibility index (Phi) is 7.20. The topological polar surface area (TPSA) is 88.8 Å². The summed E-state index contributed by atoms with van der Waals surface area (Å²) in [5.74, 6) is -0.252. The number of hydrogen-bond donors (Lipinski definition) is 1. The van der Waals surface area contributed by atoms with Crippen LogP contribution in [0.25, 0.3) is 11.0 Å². The van der Waals surface area contributed by atoms with Crippen LogP contribution < -0.4 is 5.32 Å². The molecule has 148 valence electrons. The molecule has 1 N–H and O–H groups in total. The second-order valence-electron chi connectivity index (χ2n) is 6.17. The summed E-state index contributed by atoms with van der Waals surface area (Å²) >= 11 is 2.21. The average Bonchev–Trinajstić information content (AvgIpc) is 3.14. The molecule has 8 nitrogen and oxygen atoms in total. The average molecular weight is 497 g/mol. The zero-order valence-electron chi connectivity index (χ0n) is 15.5. The van der Waals surface area contributed by atoms with E-state index in [1.54, 1.807) is 6.20 Å². The Morgan fingerprint density at radius 2 is 2.21 bits per heavy atom. The third kappa shape index (κ3) is 5.41. The number of alkyl halides is 1. The Morgan fingerprint density at radius 1 is 1.36 bits per heavy atom. The van der Waals surface area contributed by atoms with Crippen LogP contribution in [0.4, 0.5) is 4.39 Å². The maximum Gasteiger partial charge on any atom is 0.271 e. The zero-order valence-corrected chi connectivity index (χ0v) is 17.6. The normalized spacial score (nSPS) is 11.3. The number of amides is 1. The largest absolute Gasteiger partial charge is 0.349 e. The Morgan fingerprint density at radius 3 is 3.00 bits per heavy atom. The zero-order chi connectivity index (χ0) is 19.9. The van der Waals surface area contributed by atoms with Crippen LogP contribution in [0.2, 0.25) is 0 Å². The van der Waals surface area contributed by atoms with Gasteiger partial charge in [-0.15, -0.1) is 5.10 Å². The van der Waals surface area contributed by atoms with Crippen molar-refractivity contribution in [3.63, 3.8) is 0 Å². The van der Waals surface area contributed by atoms with Crippen molar-refractivity contribution in [3.8, 4) is 0 Å². The van der Waals surface area contributed by atoms with Crippen LogP contribution in [-0.4, -0.2) is 62.1 Å². The SMILES string of the molecule is CCN(CCNC(=O)c1cnc2cc(I)ccc2n1)Cc1cn(CCF)nn1. The van der Waals surface area contributed by atoms with E-state index in [9.17, 15) is 9.18 Å². The standard InChI is InChI=1S/C18H21FIN7O/c1-2-26(11-14-12-27(7-5-19)25-24-14)8-6-21-18(28)17-10-22-16-9-13(20)3-4-15(16)23-17/h3-4,9-10,12H,2,5-8,11H2,1H3,(H,21,28). The molecule has 0 bridgehead atoms. The first kappa shape index (κ1) is 20.5. The Bertz CT molecular complexity index is 949. The van der Waals surface area contributed by atoms with Crippen LogP contribution >= 0.6 is 22.6 Å². The summed E-state index contributed by atoms with van der Waals surface area (Å²) in [6, 6.07) is 5.71. The predicted octanol–water partition coefficient (Wildman–Crippen LogP) is 2.05. The summed E-state index contributed by atoms with van der Waals surface area (Å²) in [6.45, 7) is 4.27. The van der Waals surface area contributed by atoms with Gasteiger partial charge in [0.2, 0.25) is 0 Å². The van der Waals surface area contributed by atoms with Gasteiger partial charge >= 0.3 is 0 Å². The smallest absolute Gasteiger partial charge is 0.271 e. The van der Waals surface area contributed by atoms with Crippen LogP contribution in [0.5, 0.6) is 0 Å². The van der Waals surface area contributed by atoms with Gasteiger partial charge < -0.3 is 5.32 Å². The van der Waals surface area contributed by atoms with E-state index in [-0.39, 0.29) is 12.5 Å². The lowest BCUT2D eigenvalue weighted by atomic mass is 10.3. The lowest BCUT2D eigenvalue weighted by Crippen LogP contribution is -2.35. The quantitative estimate of drug-likeness (QED) is 0.456. The molecule has 2 heterocycles. The monoisotopic (exact) mass is 497 g/mol. The van der Waals surface area contributed by atoms with Gasteiger partial charge in [0.1, 0.15) is 12.4 Å². The van der Waals surface area contributed by atoms with Gasteiger partial charge in [-0.2, -0.15) is 0 Å². The molecule has 28 heavy (non-hydrogen) atoms. The molecule has 0 unspecified atom stereocenters. The van der Waals surface area contributed by atoms with E-state index in [0.717, 1.165) is 21.3 Å². The first-order chi connectivity index (χ1) is 13.6. The number of benzene rings is 1. The molecule has 0 spiro atoms. The van der Waals surface area contributed by atoms with Gasteiger partial charge in [-0.1, -0.05) is 12.1 Å². The van der Waals surface area contributed by atoms with E-state index in [0.29, 0.717) is 30.8 Å². The van der Waals surface area contributed by atoms with Crippen LogP contribution in [0.15, 0.2) is 30.6 Å². The van der Waals surface area contributed by atoms with E-state index >= 15 is 0 Å². The molecule has 0 atom stereocenters. The highest BCUT2D eigenvalue weighted by Crippen LogP contribution is 2.13. The number of rotatable bonds is 9. The molecular formula is C18H21FIN7O. The maximum atomic E-state index is 12.4. The minimum Gasteiger partial charge on any atom is -0.349 e. The highest BCUT2D eigenvalue weighted by Gasteiger charge is 2.11. The predicted molar refractivity (Wildman–Crippen MR) is 112 cm³/mol. The van der Waals surface area contributed by atoms with Gasteiger partial charge in [0, 0.05) is 29.4 Å². The van der Waals surface area contributed by atoms with Gasteiger partial charge in [0.25, 0.3) is 5.91 Å². The summed E-state index contributed by atoms with van der Waals surface area (Å²) in [6.07, 6.45) is 3.24. The molecule has 0 saturated heterocycles. The fourth-order valence-electron chi connectivity index (χ4n) is 2.70. The third-order valence-electron chi connectivity index (χ3n) is 4.18. The maximum absolute atomic E-state index is 12.4. The molecule has 0 aliphatic carbocycles. The van der Waals surface area contributed by atoms with Crippen molar-refractivity contribution in [2.24, 2.45) is 0 Å². The number of aryl methyl sites for hydroxylation is 1. The Balaban J connectivity index is 1.52. The van der Waals surface area contributed by atoms with Crippen molar-refractivity contribution in [2.75, 3.05) is 26.3 Å². The highest BCUT2D eigenvalue weighted by atomic mass is 127. The second-order valence-corrected chi connectivity index (χ2v) is 7.42. The number of halogens is 2. The number of aromatic nitrogens is 5. The molecule has 0 aliphatic rings. The number of likely N-dealkylation sites (N-methyl/N-ethyl adjacent to an activating group) is 1. The number of hydrogen-bond acceptors (Lipinski definition) is 6. The Labute approximate surface area is 175 Å². The molecular weight excluding hydrogens is 476 g/mol. The highest BCUT2D eigenvalue weighted by molar-refractivity contribution is 14.1. The lowest BCUT2D eigenvalue weighted by molar-refractivity contribution is 0.0943.